The van der Waals surface area contributed by atoms with E-state index in [0.29, 0.717) is 18.8 Å². The van der Waals surface area contributed by atoms with Gasteiger partial charge >= 0.3 is 6.03 Å². The van der Waals surface area contributed by atoms with Crippen molar-refractivity contribution in [2.45, 2.75) is 25.5 Å². The minimum Gasteiger partial charge on any atom is -0.391 e. The van der Waals surface area contributed by atoms with Gasteiger partial charge in [-0.15, -0.1) is 0 Å². The summed E-state index contributed by atoms with van der Waals surface area (Å²) in [5.74, 6) is 0. The largest absolute Gasteiger partial charge is 0.391 e. The lowest BCUT2D eigenvalue weighted by Crippen LogP contribution is -2.44. The van der Waals surface area contributed by atoms with Gasteiger partial charge in [0, 0.05) is 25.8 Å². The van der Waals surface area contributed by atoms with E-state index in [9.17, 15) is 9.90 Å². The summed E-state index contributed by atoms with van der Waals surface area (Å²) in [4.78, 5) is 15.8. The molecule has 112 valence electrons. The Morgan fingerprint density at radius 2 is 2.40 bits per heavy atom. The summed E-state index contributed by atoms with van der Waals surface area (Å²) in [6, 6.07) is -0.170. The summed E-state index contributed by atoms with van der Waals surface area (Å²) in [6.07, 6.45) is 4.68. The number of nitrogens with zero attached hydrogens (tertiary/aromatic N) is 4. The number of urea groups is 1. The lowest BCUT2D eigenvalue weighted by Gasteiger charge is -2.29. The zero-order chi connectivity index (χ0) is 14.5. The van der Waals surface area contributed by atoms with Gasteiger partial charge in [0.25, 0.3) is 0 Å². The molecule has 1 unspecified atom stereocenters. The topological polar surface area (TPSA) is 73.6 Å². The summed E-state index contributed by atoms with van der Waals surface area (Å²) in [5.41, 5.74) is 0.689. The molecule has 0 aromatic carbocycles. The van der Waals surface area contributed by atoms with Crippen LogP contribution in [0.1, 0.15) is 12.8 Å². The molecule has 7 heteroatoms. The van der Waals surface area contributed by atoms with E-state index >= 15 is 0 Å². The van der Waals surface area contributed by atoms with Gasteiger partial charge in [-0.2, -0.15) is 5.10 Å². The van der Waals surface area contributed by atoms with Crippen LogP contribution in [0.4, 0.5) is 10.5 Å². The third kappa shape index (κ3) is 4.21. The smallest absolute Gasteiger partial charge is 0.322 e. The lowest BCUT2D eigenvalue weighted by molar-refractivity contribution is 0.0883. The molecule has 0 bridgehead atoms. The number of nitrogens with one attached hydrogen (secondary N) is 1. The number of piperidine rings is 1. The lowest BCUT2D eigenvalue weighted by atomic mass is 10.1. The third-order valence-corrected chi connectivity index (χ3v) is 3.34. The number of amides is 2. The predicted molar refractivity (Wildman–Crippen MR) is 76.6 cm³/mol. The summed E-state index contributed by atoms with van der Waals surface area (Å²) < 4.78 is 1.81. The minimum atomic E-state index is -0.405. The van der Waals surface area contributed by atoms with Gasteiger partial charge in [0.05, 0.1) is 24.5 Å². The van der Waals surface area contributed by atoms with Crippen LogP contribution in [0.5, 0.6) is 0 Å². The highest BCUT2D eigenvalue weighted by Crippen LogP contribution is 2.12. The maximum Gasteiger partial charge on any atom is 0.322 e. The number of aliphatic hydroxyl groups excluding tert-OH is 1. The molecule has 2 heterocycles. The molecule has 7 nitrogen and oxygen atoms in total. The molecule has 1 aliphatic rings. The molecule has 1 atom stereocenters. The fourth-order valence-corrected chi connectivity index (χ4v) is 2.19. The summed E-state index contributed by atoms with van der Waals surface area (Å²) in [7, 11) is 4.02. The van der Waals surface area contributed by atoms with Gasteiger partial charge in [-0.1, -0.05) is 0 Å². The van der Waals surface area contributed by atoms with Crippen molar-refractivity contribution in [3.05, 3.63) is 12.4 Å². The predicted octanol–water partition coefficient (Wildman–Crippen LogP) is 0.433. The highest BCUT2D eigenvalue weighted by Gasteiger charge is 2.22. The molecular weight excluding hydrogens is 258 g/mol. The van der Waals surface area contributed by atoms with Crippen molar-refractivity contribution in [2.75, 3.05) is 39.0 Å². The number of carbonyl (C=O) groups excluding carboxylic acids is 1. The summed E-state index contributed by atoms with van der Waals surface area (Å²) in [6.45, 7) is 2.77. The van der Waals surface area contributed by atoms with Crippen LogP contribution in [0.3, 0.4) is 0 Å². The van der Waals surface area contributed by atoms with Crippen molar-refractivity contribution in [3.63, 3.8) is 0 Å². The Labute approximate surface area is 119 Å². The molecule has 2 rings (SSSR count). The molecule has 2 amide bonds. The van der Waals surface area contributed by atoms with Gasteiger partial charge in [-0.3, -0.25) is 4.68 Å². The second-order valence-corrected chi connectivity index (χ2v) is 5.47. The standard InChI is InChI=1S/C13H23N5O2/c1-16(2)6-7-18-9-11(8-14-18)15-13(20)17-5-3-4-12(19)10-17/h8-9,12,19H,3-7,10H2,1-2H3,(H,15,20). The van der Waals surface area contributed by atoms with Crippen LogP contribution >= 0.6 is 0 Å². The van der Waals surface area contributed by atoms with Crippen LogP contribution in [-0.4, -0.2) is 70.6 Å². The van der Waals surface area contributed by atoms with Crippen molar-refractivity contribution in [2.24, 2.45) is 0 Å². The van der Waals surface area contributed by atoms with Gasteiger partial charge in [-0.05, 0) is 26.9 Å². The van der Waals surface area contributed by atoms with Crippen LogP contribution in [0.2, 0.25) is 0 Å². The average Bonchev–Trinajstić information content (AvgIpc) is 2.84. The van der Waals surface area contributed by atoms with Crippen LogP contribution in [-0.2, 0) is 6.54 Å². The first-order chi connectivity index (χ1) is 9.54. The molecule has 2 N–H and O–H groups in total. The summed E-state index contributed by atoms with van der Waals surface area (Å²) in [5, 5.41) is 16.6. The van der Waals surface area contributed by atoms with Crippen molar-refractivity contribution in [1.29, 1.82) is 0 Å². The molecule has 0 spiro atoms. The molecule has 0 saturated carbocycles. The maximum atomic E-state index is 12.0. The molecule has 1 saturated heterocycles. The first-order valence-electron chi connectivity index (χ1n) is 6.96. The Morgan fingerprint density at radius 1 is 1.60 bits per heavy atom. The zero-order valence-electron chi connectivity index (χ0n) is 12.1. The van der Waals surface area contributed by atoms with E-state index in [1.807, 2.05) is 20.3 Å². The molecule has 1 aromatic rings. The number of aromatic nitrogens is 2. The average molecular weight is 281 g/mol. The molecule has 1 aliphatic heterocycles. The van der Waals surface area contributed by atoms with E-state index in [0.717, 1.165) is 25.9 Å². The molecule has 20 heavy (non-hydrogen) atoms. The first-order valence-corrected chi connectivity index (χ1v) is 6.96. The highest BCUT2D eigenvalue weighted by atomic mass is 16.3. The van der Waals surface area contributed by atoms with E-state index in [-0.39, 0.29) is 6.03 Å². The fraction of sp³-hybridized carbons (Fsp3) is 0.692. The number of hydrogen-bond acceptors (Lipinski definition) is 4. The third-order valence-electron chi connectivity index (χ3n) is 3.34. The van der Waals surface area contributed by atoms with Crippen molar-refractivity contribution in [1.82, 2.24) is 19.6 Å². The van der Waals surface area contributed by atoms with Crippen molar-refractivity contribution in [3.8, 4) is 0 Å². The van der Waals surface area contributed by atoms with Gasteiger partial charge in [0.15, 0.2) is 0 Å². The first kappa shape index (κ1) is 14.8. The zero-order valence-corrected chi connectivity index (χ0v) is 12.1. The molecule has 0 aliphatic carbocycles. The molecule has 1 fully saturated rings. The SMILES string of the molecule is CN(C)CCn1cc(NC(=O)N2CCCC(O)C2)cn1. The molecular formula is C13H23N5O2. The van der Waals surface area contributed by atoms with E-state index in [2.05, 4.69) is 15.3 Å². The number of likely N-dealkylation sites (tertiary alicyclic amines) is 1. The number of β-amino-alcohol motifs (C(OH)–C–C–N with tert-alkyl or cyclic N) is 1. The van der Waals surface area contributed by atoms with Crippen LogP contribution in [0.25, 0.3) is 0 Å². The number of hydrogen-bond donors (Lipinski definition) is 2. The molecule has 0 radical (unpaired) electrons. The molecule has 1 aromatic heterocycles. The number of rotatable bonds is 4. The fourth-order valence-electron chi connectivity index (χ4n) is 2.19. The van der Waals surface area contributed by atoms with Gasteiger partial charge < -0.3 is 20.2 Å². The number of aliphatic hydroxyl groups is 1. The number of likely N-dealkylation sites (N-methyl/N-ethyl adjacent to an activating group) is 1. The Balaban J connectivity index is 1.84. The van der Waals surface area contributed by atoms with Crippen LogP contribution in [0.15, 0.2) is 12.4 Å². The van der Waals surface area contributed by atoms with E-state index in [1.54, 1.807) is 15.8 Å². The second-order valence-electron chi connectivity index (χ2n) is 5.47. The Hall–Kier alpha value is -1.60. The van der Waals surface area contributed by atoms with Crippen molar-refractivity contribution >= 4 is 11.7 Å². The normalized spacial score (nSPS) is 19.4. The van der Waals surface area contributed by atoms with E-state index in [1.165, 1.54) is 0 Å². The van der Waals surface area contributed by atoms with Gasteiger partial charge in [0.2, 0.25) is 0 Å². The van der Waals surface area contributed by atoms with E-state index in [4.69, 9.17) is 0 Å². The summed E-state index contributed by atoms with van der Waals surface area (Å²) >= 11 is 0. The Morgan fingerprint density at radius 3 is 3.10 bits per heavy atom. The van der Waals surface area contributed by atoms with Crippen LogP contribution in [0, 0.1) is 0 Å². The number of carbonyl (C=O) groups is 1. The monoisotopic (exact) mass is 281 g/mol. The Bertz CT molecular complexity index is 446. The highest BCUT2D eigenvalue weighted by molar-refractivity contribution is 5.89. The van der Waals surface area contributed by atoms with Gasteiger partial charge in [0.1, 0.15) is 0 Å². The van der Waals surface area contributed by atoms with Gasteiger partial charge in [-0.25, -0.2) is 4.79 Å². The number of anilines is 1. The quantitative estimate of drug-likeness (QED) is 0.839. The minimum absolute atomic E-state index is 0.170. The maximum absolute atomic E-state index is 12.0. The second kappa shape index (κ2) is 6.71. The Kier molecular flexibility index (Phi) is 4.97. The van der Waals surface area contributed by atoms with Crippen molar-refractivity contribution < 1.29 is 9.90 Å². The van der Waals surface area contributed by atoms with E-state index < -0.39 is 6.10 Å². The van der Waals surface area contributed by atoms with Crippen LogP contribution < -0.4 is 5.32 Å².